The van der Waals surface area contributed by atoms with Crippen LogP contribution in [-0.4, -0.2) is 40.5 Å². The van der Waals surface area contributed by atoms with Crippen LogP contribution in [0.25, 0.3) is 0 Å². The van der Waals surface area contributed by atoms with Gasteiger partial charge in [-0.1, -0.05) is 6.92 Å². The number of rotatable bonds is 5. The van der Waals surface area contributed by atoms with Crippen LogP contribution in [0.15, 0.2) is 18.2 Å². The lowest BCUT2D eigenvalue weighted by atomic mass is 9.77. The first-order chi connectivity index (χ1) is 12.8. The minimum absolute atomic E-state index is 0.115. The Morgan fingerprint density at radius 1 is 1.26 bits per heavy atom. The Kier molecular flexibility index (Phi) is 5.34. The van der Waals surface area contributed by atoms with E-state index < -0.39 is 22.3 Å². The lowest BCUT2D eigenvalue weighted by molar-refractivity contribution is -0.384. The average molecular weight is 375 g/mol. The van der Waals surface area contributed by atoms with Crippen molar-refractivity contribution in [2.45, 2.75) is 51.0 Å². The van der Waals surface area contributed by atoms with E-state index in [1.54, 1.807) is 6.07 Å². The summed E-state index contributed by atoms with van der Waals surface area (Å²) in [5, 5.41) is 23.8. The lowest BCUT2D eigenvalue weighted by Gasteiger charge is -2.36. The number of carbonyl (C=O) groups excluding carboxylic acids is 1. The van der Waals surface area contributed by atoms with Crippen molar-refractivity contribution in [3.8, 4) is 0 Å². The maximum Gasteiger partial charge on any atom is 0.329 e. The van der Waals surface area contributed by atoms with Gasteiger partial charge in [-0.3, -0.25) is 14.9 Å². The van der Waals surface area contributed by atoms with E-state index in [1.165, 1.54) is 12.1 Å². The number of carboxylic acid groups (broad SMARTS) is 1. The van der Waals surface area contributed by atoms with Crippen molar-refractivity contribution in [2.24, 2.45) is 5.92 Å². The first kappa shape index (κ1) is 19.1. The van der Waals surface area contributed by atoms with Crippen molar-refractivity contribution in [2.75, 3.05) is 18.0 Å². The molecule has 27 heavy (non-hydrogen) atoms. The Morgan fingerprint density at radius 3 is 2.44 bits per heavy atom. The van der Waals surface area contributed by atoms with Gasteiger partial charge in [-0.25, -0.2) is 4.79 Å². The molecule has 1 saturated carbocycles. The van der Waals surface area contributed by atoms with E-state index in [0.717, 1.165) is 38.8 Å². The summed E-state index contributed by atoms with van der Waals surface area (Å²) in [6.07, 6.45) is 4.14. The average Bonchev–Trinajstić information content (AvgIpc) is 3.17. The number of benzene rings is 1. The predicted octanol–water partition coefficient (Wildman–Crippen LogP) is 2.96. The van der Waals surface area contributed by atoms with Gasteiger partial charge >= 0.3 is 5.97 Å². The maximum absolute atomic E-state index is 12.7. The highest BCUT2D eigenvalue weighted by Gasteiger charge is 2.42. The van der Waals surface area contributed by atoms with E-state index in [2.05, 4.69) is 12.2 Å². The van der Waals surface area contributed by atoms with E-state index in [9.17, 15) is 24.8 Å². The molecular formula is C19H25N3O5. The van der Waals surface area contributed by atoms with E-state index in [1.807, 2.05) is 4.90 Å². The van der Waals surface area contributed by atoms with Crippen molar-refractivity contribution in [1.82, 2.24) is 5.32 Å². The monoisotopic (exact) mass is 375 g/mol. The van der Waals surface area contributed by atoms with Gasteiger partial charge in [0.05, 0.1) is 4.92 Å². The second kappa shape index (κ2) is 7.54. The van der Waals surface area contributed by atoms with Crippen LogP contribution in [0, 0.1) is 16.0 Å². The molecule has 2 aliphatic rings. The summed E-state index contributed by atoms with van der Waals surface area (Å²) in [4.78, 5) is 37.5. The largest absolute Gasteiger partial charge is 0.480 e. The number of carbonyl (C=O) groups is 2. The van der Waals surface area contributed by atoms with Crippen molar-refractivity contribution >= 4 is 23.3 Å². The first-order valence-corrected chi connectivity index (χ1v) is 9.42. The minimum atomic E-state index is -1.30. The van der Waals surface area contributed by atoms with E-state index in [0.29, 0.717) is 24.4 Å². The molecule has 1 amide bonds. The highest BCUT2D eigenvalue weighted by molar-refractivity contribution is 5.99. The third-order valence-corrected chi connectivity index (χ3v) is 5.77. The van der Waals surface area contributed by atoms with Crippen LogP contribution >= 0.6 is 0 Å². The third kappa shape index (κ3) is 3.89. The van der Waals surface area contributed by atoms with Crippen LogP contribution in [0.4, 0.5) is 11.4 Å². The molecule has 8 heteroatoms. The number of nitrogens with one attached hydrogen (secondary N) is 1. The van der Waals surface area contributed by atoms with Gasteiger partial charge in [-0.15, -0.1) is 0 Å². The van der Waals surface area contributed by atoms with Crippen LogP contribution in [-0.2, 0) is 4.79 Å². The third-order valence-electron chi connectivity index (χ3n) is 5.77. The zero-order valence-corrected chi connectivity index (χ0v) is 15.4. The fraction of sp³-hybridized carbons (Fsp3) is 0.579. The van der Waals surface area contributed by atoms with Gasteiger partial charge in [0.2, 0.25) is 0 Å². The van der Waals surface area contributed by atoms with Gasteiger partial charge in [0.15, 0.2) is 0 Å². The number of nitro groups is 1. The molecule has 2 fully saturated rings. The molecule has 0 atom stereocenters. The molecule has 0 spiro atoms. The van der Waals surface area contributed by atoms with Crippen LogP contribution in [0.5, 0.6) is 0 Å². The number of amides is 1. The van der Waals surface area contributed by atoms with Gasteiger partial charge in [-0.2, -0.15) is 0 Å². The molecule has 0 unspecified atom stereocenters. The second-order valence-corrected chi connectivity index (χ2v) is 7.68. The fourth-order valence-electron chi connectivity index (χ4n) is 3.97. The van der Waals surface area contributed by atoms with Crippen LogP contribution in [0.1, 0.15) is 55.8 Å². The molecule has 1 saturated heterocycles. The van der Waals surface area contributed by atoms with Gasteiger partial charge in [0, 0.05) is 24.7 Å². The number of hydrogen-bond donors (Lipinski definition) is 2. The summed E-state index contributed by atoms with van der Waals surface area (Å²) in [5.41, 5.74) is -0.796. The zero-order valence-electron chi connectivity index (χ0n) is 15.4. The number of carboxylic acids is 1. The number of hydrogen-bond acceptors (Lipinski definition) is 5. The van der Waals surface area contributed by atoms with Crippen molar-refractivity contribution < 1.29 is 19.6 Å². The molecule has 3 rings (SSSR count). The Bertz CT molecular complexity index is 750. The second-order valence-electron chi connectivity index (χ2n) is 7.68. The van der Waals surface area contributed by atoms with Crippen LogP contribution < -0.4 is 10.2 Å². The molecule has 2 N–H and O–H groups in total. The fourth-order valence-corrected chi connectivity index (χ4v) is 3.97. The summed E-state index contributed by atoms with van der Waals surface area (Å²) in [6.45, 7) is 3.58. The van der Waals surface area contributed by atoms with Crippen molar-refractivity contribution in [3.63, 3.8) is 0 Å². The summed E-state index contributed by atoms with van der Waals surface area (Å²) < 4.78 is 0. The highest BCUT2D eigenvalue weighted by Crippen LogP contribution is 2.34. The Hall–Kier alpha value is -2.64. The highest BCUT2D eigenvalue weighted by atomic mass is 16.6. The molecule has 1 aliphatic heterocycles. The van der Waals surface area contributed by atoms with Gasteiger partial charge < -0.3 is 15.3 Å². The molecule has 8 nitrogen and oxygen atoms in total. The lowest BCUT2D eigenvalue weighted by Crippen LogP contribution is -2.56. The summed E-state index contributed by atoms with van der Waals surface area (Å²) in [7, 11) is 0. The Balaban J connectivity index is 1.84. The summed E-state index contributed by atoms with van der Waals surface area (Å²) in [5.74, 6) is -1.20. The topological polar surface area (TPSA) is 113 Å². The first-order valence-electron chi connectivity index (χ1n) is 9.42. The van der Waals surface area contributed by atoms with E-state index in [-0.39, 0.29) is 11.3 Å². The van der Waals surface area contributed by atoms with E-state index in [4.69, 9.17) is 0 Å². The maximum atomic E-state index is 12.7. The SMILES string of the molecule is CC1CCC(NC(=O)c2ccc(N3CCCC3)c([N+](=O)[O-])c2)(C(=O)O)CC1. The molecule has 1 heterocycles. The number of aliphatic carboxylic acids is 1. The standard InChI is InChI=1S/C19H25N3O5/c1-13-6-8-19(9-7-13,18(24)25)20-17(23)14-4-5-15(16(12-14)22(26)27)21-10-2-3-11-21/h4-5,12-13H,2-3,6-11H2,1H3,(H,20,23)(H,24,25). The molecule has 0 aromatic heterocycles. The number of nitrogens with zero attached hydrogens (tertiary/aromatic N) is 2. The van der Waals surface area contributed by atoms with Crippen LogP contribution in [0.2, 0.25) is 0 Å². The van der Waals surface area contributed by atoms with Gasteiger partial charge in [0.1, 0.15) is 11.2 Å². The summed E-state index contributed by atoms with van der Waals surface area (Å²) in [6, 6.07) is 4.38. The normalized spacial score (nSPS) is 25.2. The minimum Gasteiger partial charge on any atom is -0.480 e. The zero-order chi connectivity index (χ0) is 19.6. The summed E-state index contributed by atoms with van der Waals surface area (Å²) >= 11 is 0. The van der Waals surface area contributed by atoms with E-state index >= 15 is 0 Å². The molecule has 0 radical (unpaired) electrons. The molecule has 0 bridgehead atoms. The Labute approximate surface area is 157 Å². The van der Waals surface area contributed by atoms with Gasteiger partial charge in [0.25, 0.3) is 11.6 Å². The van der Waals surface area contributed by atoms with Crippen molar-refractivity contribution in [1.29, 1.82) is 0 Å². The Morgan fingerprint density at radius 2 is 1.89 bits per heavy atom. The predicted molar refractivity (Wildman–Crippen MR) is 100 cm³/mol. The smallest absolute Gasteiger partial charge is 0.329 e. The number of nitro benzene ring substituents is 1. The molecular weight excluding hydrogens is 350 g/mol. The molecule has 1 aromatic rings. The molecule has 1 aliphatic carbocycles. The van der Waals surface area contributed by atoms with Crippen molar-refractivity contribution in [3.05, 3.63) is 33.9 Å². The van der Waals surface area contributed by atoms with Crippen LogP contribution in [0.3, 0.4) is 0 Å². The van der Waals surface area contributed by atoms with Gasteiger partial charge in [-0.05, 0) is 56.6 Å². The quantitative estimate of drug-likeness (QED) is 0.604. The molecule has 146 valence electrons. The molecule has 1 aromatic carbocycles. The number of anilines is 1.